The smallest absolute Gasteiger partial charge is 0.0393 e. The van der Waals surface area contributed by atoms with Crippen LogP contribution in [0.2, 0.25) is 0 Å². The summed E-state index contributed by atoms with van der Waals surface area (Å²) < 4.78 is 0. The van der Waals surface area contributed by atoms with Crippen molar-refractivity contribution in [1.29, 1.82) is 0 Å². The molecular formula is C18H30N2. The lowest BCUT2D eigenvalue weighted by atomic mass is 10.1. The molecule has 0 aromatic heterocycles. The molecule has 1 aromatic carbocycles. The van der Waals surface area contributed by atoms with E-state index in [0.29, 0.717) is 5.92 Å². The number of anilines is 1. The molecule has 1 aliphatic carbocycles. The second kappa shape index (κ2) is 6.62. The molecule has 1 saturated carbocycles. The van der Waals surface area contributed by atoms with Crippen LogP contribution >= 0.6 is 0 Å². The van der Waals surface area contributed by atoms with E-state index in [9.17, 15) is 0 Å². The van der Waals surface area contributed by atoms with Crippen LogP contribution < -0.4 is 10.2 Å². The Bertz CT molecular complexity index is 439. The molecule has 0 radical (unpaired) electrons. The lowest BCUT2D eigenvalue weighted by Crippen LogP contribution is -2.22. The van der Waals surface area contributed by atoms with E-state index in [1.165, 1.54) is 29.8 Å². The van der Waals surface area contributed by atoms with Gasteiger partial charge in [0.15, 0.2) is 0 Å². The largest absolute Gasteiger partial charge is 0.374 e. The van der Waals surface area contributed by atoms with Crippen molar-refractivity contribution >= 4 is 5.69 Å². The summed E-state index contributed by atoms with van der Waals surface area (Å²) in [7, 11) is 2.23. The molecule has 2 unspecified atom stereocenters. The van der Waals surface area contributed by atoms with Gasteiger partial charge in [-0.2, -0.15) is 0 Å². The van der Waals surface area contributed by atoms with E-state index in [4.69, 9.17) is 0 Å². The number of benzene rings is 1. The molecule has 1 aromatic rings. The van der Waals surface area contributed by atoms with Crippen LogP contribution in [0.25, 0.3) is 0 Å². The number of rotatable bonds is 7. The summed E-state index contributed by atoms with van der Waals surface area (Å²) in [6.07, 6.45) is 1.40. The van der Waals surface area contributed by atoms with E-state index in [1.807, 2.05) is 0 Å². The predicted molar refractivity (Wildman–Crippen MR) is 88.3 cm³/mol. The van der Waals surface area contributed by atoms with E-state index in [-0.39, 0.29) is 0 Å². The Morgan fingerprint density at radius 2 is 2.05 bits per heavy atom. The molecule has 20 heavy (non-hydrogen) atoms. The summed E-state index contributed by atoms with van der Waals surface area (Å²) in [4.78, 5) is 2.43. The summed E-state index contributed by atoms with van der Waals surface area (Å²) in [5.74, 6) is 2.55. The topological polar surface area (TPSA) is 15.3 Å². The van der Waals surface area contributed by atoms with E-state index in [1.54, 1.807) is 0 Å². The molecule has 1 aliphatic rings. The van der Waals surface area contributed by atoms with Crippen LogP contribution in [0.1, 0.15) is 38.3 Å². The minimum atomic E-state index is 0.710. The van der Waals surface area contributed by atoms with Gasteiger partial charge in [-0.1, -0.05) is 32.9 Å². The highest BCUT2D eigenvalue weighted by molar-refractivity contribution is 5.54. The van der Waals surface area contributed by atoms with Crippen molar-refractivity contribution < 1.29 is 0 Å². The maximum atomic E-state index is 3.51. The second-order valence-corrected chi connectivity index (χ2v) is 7.00. The minimum Gasteiger partial charge on any atom is -0.374 e. The monoisotopic (exact) mass is 274 g/mol. The maximum absolute atomic E-state index is 3.51. The first-order valence-electron chi connectivity index (χ1n) is 7.98. The van der Waals surface area contributed by atoms with Crippen LogP contribution in [0.3, 0.4) is 0 Å². The van der Waals surface area contributed by atoms with E-state index in [2.05, 4.69) is 63.2 Å². The van der Waals surface area contributed by atoms with E-state index in [0.717, 1.165) is 24.9 Å². The van der Waals surface area contributed by atoms with Gasteiger partial charge in [-0.05, 0) is 54.8 Å². The lowest BCUT2D eigenvalue weighted by molar-refractivity contribution is 0.552. The number of aryl methyl sites for hydroxylation is 1. The van der Waals surface area contributed by atoms with Crippen molar-refractivity contribution in [3.63, 3.8) is 0 Å². The van der Waals surface area contributed by atoms with Crippen molar-refractivity contribution in [2.24, 2.45) is 17.8 Å². The zero-order chi connectivity index (χ0) is 14.7. The van der Waals surface area contributed by atoms with Gasteiger partial charge in [0.05, 0.1) is 0 Å². The van der Waals surface area contributed by atoms with Gasteiger partial charge in [0, 0.05) is 25.8 Å². The fraction of sp³-hybridized carbons (Fsp3) is 0.667. The molecular weight excluding hydrogens is 244 g/mol. The normalized spacial score (nSPS) is 21.3. The van der Waals surface area contributed by atoms with Crippen molar-refractivity contribution in [2.75, 3.05) is 25.0 Å². The fourth-order valence-corrected chi connectivity index (χ4v) is 2.86. The number of nitrogens with zero attached hydrogens (tertiary/aromatic N) is 1. The second-order valence-electron chi connectivity index (χ2n) is 7.00. The highest BCUT2D eigenvalue weighted by Crippen LogP contribution is 2.39. The molecule has 0 saturated heterocycles. The third-order valence-corrected chi connectivity index (χ3v) is 4.34. The number of nitrogens with one attached hydrogen (secondary N) is 1. The third kappa shape index (κ3) is 4.24. The first-order chi connectivity index (χ1) is 9.47. The van der Waals surface area contributed by atoms with Gasteiger partial charge in [-0.15, -0.1) is 0 Å². The van der Waals surface area contributed by atoms with Crippen molar-refractivity contribution in [3.8, 4) is 0 Å². The summed E-state index contributed by atoms with van der Waals surface area (Å²) in [6, 6.07) is 6.88. The first kappa shape index (κ1) is 15.4. The Hall–Kier alpha value is -1.02. The molecule has 0 amide bonds. The summed E-state index contributed by atoms with van der Waals surface area (Å²) >= 11 is 0. The average molecular weight is 274 g/mol. The predicted octanol–water partition coefficient (Wildman–Crippen LogP) is 3.83. The molecule has 2 nitrogen and oxygen atoms in total. The third-order valence-electron chi connectivity index (χ3n) is 4.34. The highest BCUT2D eigenvalue weighted by atomic mass is 15.1. The molecule has 2 heteroatoms. The first-order valence-corrected chi connectivity index (χ1v) is 7.98. The molecule has 0 bridgehead atoms. The Labute approximate surface area is 124 Å². The van der Waals surface area contributed by atoms with Crippen LogP contribution in [0.5, 0.6) is 0 Å². The maximum Gasteiger partial charge on any atom is 0.0393 e. The van der Waals surface area contributed by atoms with E-state index >= 15 is 0 Å². The Balaban J connectivity index is 1.91. The molecule has 1 fully saturated rings. The fourth-order valence-electron chi connectivity index (χ4n) is 2.86. The number of hydrogen-bond donors (Lipinski definition) is 1. The van der Waals surface area contributed by atoms with Gasteiger partial charge in [0.2, 0.25) is 0 Å². The van der Waals surface area contributed by atoms with Crippen LogP contribution in [0.4, 0.5) is 5.69 Å². The van der Waals surface area contributed by atoms with Gasteiger partial charge in [0.25, 0.3) is 0 Å². The molecule has 112 valence electrons. The highest BCUT2D eigenvalue weighted by Gasteiger charge is 2.33. The summed E-state index contributed by atoms with van der Waals surface area (Å²) in [6.45, 7) is 12.3. The van der Waals surface area contributed by atoms with Gasteiger partial charge in [-0.3, -0.25) is 0 Å². The Morgan fingerprint density at radius 1 is 1.35 bits per heavy atom. The summed E-state index contributed by atoms with van der Waals surface area (Å²) in [5.41, 5.74) is 4.17. The number of hydrogen-bond acceptors (Lipinski definition) is 2. The zero-order valence-electron chi connectivity index (χ0n) is 13.7. The summed E-state index contributed by atoms with van der Waals surface area (Å²) in [5, 5.41) is 3.51. The van der Waals surface area contributed by atoms with Gasteiger partial charge in [0.1, 0.15) is 0 Å². The minimum absolute atomic E-state index is 0.710. The van der Waals surface area contributed by atoms with Crippen molar-refractivity contribution in [2.45, 2.75) is 40.7 Å². The van der Waals surface area contributed by atoms with Crippen molar-refractivity contribution in [3.05, 3.63) is 29.3 Å². The van der Waals surface area contributed by atoms with Gasteiger partial charge >= 0.3 is 0 Å². The van der Waals surface area contributed by atoms with Gasteiger partial charge < -0.3 is 10.2 Å². The molecule has 2 atom stereocenters. The van der Waals surface area contributed by atoms with Crippen LogP contribution in [-0.2, 0) is 6.54 Å². The van der Waals surface area contributed by atoms with E-state index < -0.39 is 0 Å². The molecule has 0 spiro atoms. The zero-order valence-corrected chi connectivity index (χ0v) is 13.7. The quantitative estimate of drug-likeness (QED) is 0.813. The average Bonchev–Trinajstić information content (AvgIpc) is 3.04. The molecule has 0 aliphatic heterocycles. The molecule has 1 N–H and O–H groups in total. The van der Waals surface area contributed by atoms with Gasteiger partial charge in [-0.25, -0.2) is 0 Å². The standard InChI is InChI=1S/C18H30N2/c1-13(2)10-19-11-16-6-7-18(15(4)8-16)20(5)12-17-9-14(17)3/h6-8,13-14,17,19H,9-12H2,1-5H3. The van der Waals surface area contributed by atoms with Crippen molar-refractivity contribution in [1.82, 2.24) is 5.32 Å². The molecule has 2 rings (SSSR count). The van der Waals surface area contributed by atoms with Crippen LogP contribution in [-0.4, -0.2) is 20.1 Å². The Kier molecular flexibility index (Phi) is 5.09. The van der Waals surface area contributed by atoms with Crippen LogP contribution in [0.15, 0.2) is 18.2 Å². The molecule has 0 heterocycles. The van der Waals surface area contributed by atoms with Crippen LogP contribution in [0, 0.1) is 24.7 Å². The Morgan fingerprint density at radius 3 is 2.60 bits per heavy atom. The lowest BCUT2D eigenvalue weighted by Gasteiger charge is -2.22. The SMILES string of the molecule is Cc1cc(CNCC(C)C)ccc1N(C)CC1CC1C.